The second-order valence-corrected chi connectivity index (χ2v) is 7.63. The Labute approximate surface area is 179 Å². The zero-order valence-electron chi connectivity index (χ0n) is 17.9. The Morgan fingerprint density at radius 3 is 2.63 bits per heavy atom. The molecule has 0 radical (unpaired) electrons. The van der Waals surface area contributed by atoms with Crippen LogP contribution >= 0.6 is 0 Å². The molecule has 6 heteroatoms. The van der Waals surface area contributed by atoms with Gasteiger partial charge in [-0.1, -0.05) is 30.3 Å². The summed E-state index contributed by atoms with van der Waals surface area (Å²) in [6.07, 6.45) is 0.757. The van der Waals surface area contributed by atoms with Gasteiger partial charge in [-0.25, -0.2) is 0 Å². The van der Waals surface area contributed by atoms with Crippen LogP contribution in [0.15, 0.2) is 48.5 Å². The van der Waals surface area contributed by atoms with E-state index in [-0.39, 0.29) is 13.2 Å². The van der Waals surface area contributed by atoms with Crippen LogP contribution in [0.25, 0.3) is 0 Å². The molecule has 1 aliphatic rings. The van der Waals surface area contributed by atoms with E-state index < -0.39 is 0 Å². The van der Waals surface area contributed by atoms with E-state index in [1.807, 2.05) is 37.3 Å². The van der Waals surface area contributed by atoms with Gasteiger partial charge in [0.1, 0.15) is 18.1 Å². The minimum atomic E-state index is 0.0153. The van der Waals surface area contributed by atoms with Crippen molar-refractivity contribution in [1.82, 2.24) is 9.80 Å². The third-order valence-corrected chi connectivity index (χ3v) is 5.46. The summed E-state index contributed by atoms with van der Waals surface area (Å²) in [6, 6.07) is 16.6. The molecule has 1 atom stereocenters. The van der Waals surface area contributed by atoms with E-state index in [1.54, 1.807) is 0 Å². The van der Waals surface area contributed by atoms with Gasteiger partial charge in [-0.3, -0.25) is 9.80 Å². The Morgan fingerprint density at radius 2 is 1.83 bits per heavy atom. The second-order valence-electron chi connectivity index (χ2n) is 7.63. The van der Waals surface area contributed by atoms with E-state index in [0.717, 1.165) is 50.6 Å². The molecule has 0 amide bonds. The van der Waals surface area contributed by atoms with Gasteiger partial charge in [-0.15, -0.1) is 0 Å². The molecule has 0 aromatic heterocycles. The molecule has 2 N–H and O–H groups in total. The summed E-state index contributed by atoms with van der Waals surface area (Å²) >= 11 is 0. The molecule has 1 fully saturated rings. The lowest BCUT2D eigenvalue weighted by Gasteiger charge is -2.41. The van der Waals surface area contributed by atoms with Crippen molar-refractivity contribution in [3.05, 3.63) is 59.7 Å². The Bertz CT molecular complexity index is 770. The highest BCUT2D eigenvalue weighted by molar-refractivity contribution is 5.33. The smallest absolute Gasteiger partial charge is 0.123 e. The predicted octanol–water partition coefficient (Wildman–Crippen LogP) is 2.53. The summed E-state index contributed by atoms with van der Waals surface area (Å²) in [5, 5.41) is 18.6. The minimum Gasteiger partial charge on any atom is -0.494 e. The molecule has 0 aliphatic carbocycles. The summed E-state index contributed by atoms with van der Waals surface area (Å²) in [4.78, 5) is 4.90. The molecule has 1 aliphatic heterocycles. The van der Waals surface area contributed by atoms with E-state index in [4.69, 9.17) is 14.6 Å². The molecule has 6 nitrogen and oxygen atoms in total. The first kappa shape index (κ1) is 22.6. The van der Waals surface area contributed by atoms with E-state index in [1.165, 1.54) is 11.1 Å². The van der Waals surface area contributed by atoms with Gasteiger partial charge in [0.05, 0.1) is 13.2 Å². The van der Waals surface area contributed by atoms with E-state index in [2.05, 4.69) is 28.0 Å². The predicted molar refractivity (Wildman–Crippen MR) is 118 cm³/mol. The van der Waals surface area contributed by atoms with Crippen LogP contribution in [0.5, 0.6) is 11.5 Å². The van der Waals surface area contributed by atoms with Crippen molar-refractivity contribution in [1.29, 1.82) is 0 Å². The third-order valence-electron chi connectivity index (χ3n) is 5.46. The maximum absolute atomic E-state index is 9.63. The van der Waals surface area contributed by atoms with E-state index in [0.29, 0.717) is 19.3 Å². The van der Waals surface area contributed by atoms with Crippen LogP contribution in [0.2, 0.25) is 0 Å². The molecule has 1 saturated heterocycles. The van der Waals surface area contributed by atoms with Crippen LogP contribution in [0.1, 0.15) is 24.5 Å². The Hall–Kier alpha value is -2.12. The molecule has 30 heavy (non-hydrogen) atoms. The molecule has 0 spiro atoms. The average molecular weight is 415 g/mol. The number of nitrogens with zero attached hydrogens (tertiary/aromatic N) is 2. The van der Waals surface area contributed by atoms with Crippen LogP contribution in [0, 0.1) is 0 Å². The zero-order chi connectivity index (χ0) is 21.2. The standard InChI is InChI=1S/C24H34N2O4/c1-2-29-24-9-4-3-7-21(24)18-26-12-11-25(19-22(26)10-13-27)17-20-6-5-8-23(16-20)30-15-14-28/h3-9,16,22,27-28H,2,10-15,17-19H2,1H3/t22-/m1/s1. The first-order chi connectivity index (χ1) is 14.7. The highest BCUT2D eigenvalue weighted by atomic mass is 16.5. The number of para-hydroxylation sites is 1. The molecule has 0 bridgehead atoms. The van der Waals surface area contributed by atoms with Crippen LogP contribution in [-0.2, 0) is 13.1 Å². The van der Waals surface area contributed by atoms with E-state index >= 15 is 0 Å². The number of rotatable bonds is 11. The number of aliphatic hydroxyl groups is 2. The number of piperazine rings is 1. The average Bonchev–Trinajstić information content (AvgIpc) is 2.76. The number of aliphatic hydroxyl groups excluding tert-OH is 2. The fourth-order valence-electron chi connectivity index (χ4n) is 4.04. The van der Waals surface area contributed by atoms with Gasteiger partial charge in [0, 0.05) is 50.9 Å². The SMILES string of the molecule is CCOc1ccccc1CN1CCN(Cc2cccc(OCCO)c2)C[C@H]1CCO. The van der Waals surface area contributed by atoms with Crippen LogP contribution in [0.3, 0.4) is 0 Å². The third kappa shape index (κ3) is 6.44. The maximum atomic E-state index is 9.63. The molecule has 3 rings (SSSR count). The molecular weight excluding hydrogens is 380 g/mol. The van der Waals surface area contributed by atoms with Gasteiger partial charge in [-0.2, -0.15) is 0 Å². The monoisotopic (exact) mass is 414 g/mol. The highest BCUT2D eigenvalue weighted by Crippen LogP contribution is 2.24. The Kier molecular flexibility index (Phi) is 8.96. The lowest BCUT2D eigenvalue weighted by molar-refractivity contribution is 0.0494. The quantitative estimate of drug-likeness (QED) is 0.589. The van der Waals surface area contributed by atoms with Crippen molar-refractivity contribution >= 4 is 0 Å². The summed E-state index contributed by atoms with van der Waals surface area (Å²) in [6.45, 7) is 7.70. The lowest BCUT2D eigenvalue weighted by Crippen LogP contribution is -2.52. The fourth-order valence-corrected chi connectivity index (χ4v) is 4.04. The maximum Gasteiger partial charge on any atom is 0.123 e. The Morgan fingerprint density at radius 1 is 0.967 bits per heavy atom. The summed E-state index contributed by atoms with van der Waals surface area (Å²) in [7, 11) is 0. The van der Waals surface area contributed by atoms with Crippen molar-refractivity contribution in [3.8, 4) is 11.5 Å². The molecule has 2 aromatic rings. The second kappa shape index (κ2) is 11.9. The lowest BCUT2D eigenvalue weighted by atomic mass is 10.1. The number of ether oxygens (including phenoxy) is 2. The van der Waals surface area contributed by atoms with Crippen molar-refractivity contribution in [2.75, 3.05) is 46.1 Å². The van der Waals surface area contributed by atoms with E-state index in [9.17, 15) is 5.11 Å². The zero-order valence-corrected chi connectivity index (χ0v) is 17.9. The van der Waals surface area contributed by atoms with Crippen molar-refractivity contribution < 1.29 is 19.7 Å². The molecule has 0 saturated carbocycles. The van der Waals surface area contributed by atoms with Crippen molar-refractivity contribution in [2.24, 2.45) is 0 Å². The largest absolute Gasteiger partial charge is 0.494 e. The summed E-state index contributed by atoms with van der Waals surface area (Å²) in [5.41, 5.74) is 2.40. The number of hydrogen-bond donors (Lipinski definition) is 2. The van der Waals surface area contributed by atoms with Gasteiger partial charge in [0.25, 0.3) is 0 Å². The van der Waals surface area contributed by atoms with Crippen molar-refractivity contribution in [3.63, 3.8) is 0 Å². The minimum absolute atomic E-state index is 0.0153. The molecule has 0 unspecified atom stereocenters. The van der Waals surface area contributed by atoms with Gasteiger partial charge in [0.2, 0.25) is 0 Å². The number of hydrogen-bond acceptors (Lipinski definition) is 6. The topological polar surface area (TPSA) is 65.4 Å². The van der Waals surface area contributed by atoms with Gasteiger partial charge < -0.3 is 19.7 Å². The van der Waals surface area contributed by atoms with Crippen LogP contribution in [-0.4, -0.2) is 72.1 Å². The van der Waals surface area contributed by atoms with Gasteiger partial charge in [0.15, 0.2) is 0 Å². The van der Waals surface area contributed by atoms with Crippen LogP contribution < -0.4 is 9.47 Å². The summed E-state index contributed by atoms with van der Waals surface area (Å²) in [5.74, 6) is 1.74. The molecule has 2 aromatic carbocycles. The first-order valence-corrected chi connectivity index (χ1v) is 10.8. The van der Waals surface area contributed by atoms with Gasteiger partial charge >= 0.3 is 0 Å². The molecule has 164 valence electrons. The molecule has 1 heterocycles. The number of benzene rings is 2. The Balaban J connectivity index is 1.62. The van der Waals surface area contributed by atoms with Crippen molar-refractivity contribution in [2.45, 2.75) is 32.5 Å². The van der Waals surface area contributed by atoms with Crippen LogP contribution in [0.4, 0.5) is 0 Å². The molecular formula is C24H34N2O4. The first-order valence-electron chi connectivity index (χ1n) is 10.8. The normalized spacial score (nSPS) is 17.8. The van der Waals surface area contributed by atoms with Gasteiger partial charge in [-0.05, 0) is 37.1 Å². The highest BCUT2D eigenvalue weighted by Gasteiger charge is 2.27. The fraction of sp³-hybridized carbons (Fsp3) is 0.500. The summed E-state index contributed by atoms with van der Waals surface area (Å²) < 4.78 is 11.3.